The summed E-state index contributed by atoms with van der Waals surface area (Å²) in [6.07, 6.45) is 3.37. The maximum Gasteiger partial charge on any atom is 0.101 e. The van der Waals surface area contributed by atoms with Crippen LogP contribution in [0, 0.1) is 22.7 Å². The number of hydrogen-bond donors (Lipinski definition) is 0. The molecule has 0 unspecified atom stereocenters. The van der Waals surface area contributed by atoms with E-state index in [1.807, 2.05) is 30.3 Å². The van der Waals surface area contributed by atoms with Crippen molar-refractivity contribution in [3.8, 4) is 12.1 Å². The van der Waals surface area contributed by atoms with Crippen LogP contribution in [0.25, 0.3) is 54.1 Å². The Bertz CT molecular complexity index is 1760. The lowest BCUT2D eigenvalue weighted by Crippen LogP contribution is -1.93. The first kappa shape index (κ1) is 16.4. The van der Waals surface area contributed by atoms with Gasteiger partial charge in [0.2, 0.25) is 0 Å². The molecule has 5 aromatic carbocycles. The quantitative estimate of drug-likeness (QED) is 0.304. The normalized spacial score (nSPS) is 11.3. The number of benzene rings is 5. The van der Waals surface area contributed by atoms with Crippen LogP contribution >= 0.6 is 0 Å². The van der Waals surface area contributed by atoms with Crippen molar-refractivity contribution in [2.75, 3.05) is 0 Å². The third-order valence-electron chi connectivity index (χ3n) is 5.79. The summed E-state index contributed by atoms with van der Waals surface area (Å²) in [5.41, 5.74) is 2.25. The highest BCUT2D eigenvalue weighted by Gasteiger charge is 2.18. The van der Waals surface area contributed by atoms with Crippen LogP contribution in [0.1, 0.15) is 11.1 Å². The zero-order valence-electron chi connectivity index (χ0n) is 15.7. The Kier molecular flexibility index (Phi) is 3.27. The molecule has 0 N–H and O–H groups in total. The fourth-order valence-electron chi connectivity index (χ4n) is 4.57. The molecule has 0 fully saturated rings. The van der Waals surface area contributed by atoms with Crippen molar-refractivity contribution in [1.82, 2.24) is 9.97 Å². The summed E-state index contributed by atoms with van der Waals surface area (Å²) in [7, 11) is 0. The van der Waals surface area contributed by atoms with Gasteiger partial charge in [0, 0.05) is 28.6 Å². The Morgan fingerprint density at radius 2 is 1.03 bits per heavy atom. The largest absolute Gasteiger partial charge is 0.252 e. The van der Waals surface area contributed by atoms with Gasteiger partial charge in [-0.15, -0.1) is 0 Å². The Hall–Kier alpha value is -4.54. The van der Waals surface area contributed by atoms with Gasteiger partial charge in [-0.2, -0.15) is 10.5 Å². The smallest absolute Gasteiger partial charge is 0.101 e. The molecular weight excluding hydrogens is 368 g/mol. The van der Waals surface area contributed by atoms with E-state index < -0.39 is 0 Å². The number of fused-ring (bicyclic) bond motifs is 11. The predicted molar refractivity (Wildman–Crippen MR) is 119 cm³/mol. The summed E-state index contributed by atoms with van der Waals surface area (Å²) in [4.78, 5) is 9.33. The fourth-order valence-corrected chi connectivity index (χ4v) is 4.57. The van der Waals surface area contributed by atoms with Gasteiger partial charge in [0.1, 0.15) is 12.1 Å². The van der Waals surface area contributed by atoms with Crippen LogP contribution in [0.2, 0.25) is 0 Å². The van der Waals surface area contributed by atoms with E-state index in [9.17, 15) is 10.5 Å². The predicted octanol–water partition coefficient (Wildman–Crippen LogP) is 5.99. The van der Waals surface area contributed by atoms with Crippen LogP contribution in [0.5, 0.6) is 0 Å². The summed E-state index contributed by atoms with van der Waals surface area (Å²) in [6, 6.07) is 24.5. The number of aromatic nitrogens is 2. The van der Waals surface area contributed by atoms with Crippen LogP contribution in [-0.4, -0.2) is 9.97 Å². The second-order valence-electron chi connectivity index (χ2n) is 7.26. The lowest BCUT2D eigenvalue weighted by atomic mass is 9.88. The summed E-state index contributed by atoms with van der Waals surface area (Å²) in [5, 5.41) is 27.5. The van der Waals surface area contributed by atoms with Gasteiger partial charge >= 0.3 is 0 Å². The van der Waals surface area contributed by atoms with E-state index in [0.29, 0.717) is 11.1 Å². The van der Waals surface area contributed by atoms with Gasteiger partial charge in [0.15, 0.2) is 0 Å². The van der Waals surface area contributed by atoms with Gasteiger partial charge in [-0.3, -0.25) is 9.97 Å². The lowest BCUT2D eigenvalue weighted by Gasteiger charge is -2.15. The number of rotatable bonds is 0. The minimum Gasteiger partial charge on any atom is -0.252 e. The molecule has 6 rings (SSSR count). The molecule has 0 atom stereocenters. The SMILES string of the molecule is N#Cc1cc2c(cc1C#N)c1c3ccccc3c3ccccc3c1c1nccnc21. The van der Waals surface area contributed by atoms with E-state index in [-0.39, 0.29) is 0 Å². The van der Waals surface area contributed by atoms with E-state index >= 15 is 0 Å². The van der Waals surface area contributed by atoms with Gasteiger partial charge in [-0.1, -0.05) is 48.5 Å². The molecule has 0 radical (unpaired) electrons. The Balaban J connectivity index is 2.09. The second-order valence-corrected chi connectivity index (χ2v) is 7.26. The van der Waals surface area contributed by atoms with Crippen molar-refractivity contribution in [1.29, 1.82) is 10.5 Å². The summed E-state index contributed by atoms with van der Waals surface area (Å²) in [5.74, 6) is 0. The Morgan fingerprint density at radius 3 is 1.63 bits per heavy atom. The molecule has 4 nitrogen and oxygen atoms in total. The first-order valence-electron chi connectivity index (χ1n) is 9.55. The van der Waals surface area contributed by atoms with Crippen molar-refractivity contribution in [2.45, 2.75) is 0 Å². The lowest BCUT2D eigenvalue weighted by molar-refractivity contribution is 1.31. The molecule has 0 bridgehead atoms. The third kappa shape index (κ3) is 2.02. The van der Waals surface area contributed by atoms with Crippen LogP contribution in [-0.2, 0) is 0 Å². The Morgan fingerprint density at radius 1 is 0.533 bits per heavy atom. The van der Waals surface area contributed by atoms with Crippen LogP contribution in [0.15, 0.2) is 73.1 Å². The average Bonchev–Trinajstić information content (AvgIpc) is 2.82. The third-order valence-corrected chi connectivity index (χ3v) is 5.79. The van der Waals surface area contributed by atoms with Crippen molar-refractivity contribution >= 4 is 54.1 Å². The van der Waals surface area contributed by atoms with Gasteiger partial charge in [0.05, 0.1) is 22.2 Å². The van der Waals surface area contributed by atoms with Gasteiger partial charge < -0.3 is 0 Å². The van der Waals surface area contributed by atoms with Gasteiger partial charge in [0.25, 0.3) is 0 Å². The minimum atomic E-state index is 0.349. The van der Waals surface area contributed by atoms with Gasteiger partial charge in [-0.25, -0.2) is 0 Å². The molecule has 0 aliphatic carbocycles. The zero-order chi connectivity index (χ0) is 20.2. The number of hydrogen-bond acceptors (Lipinski definition) is 4. The van der Waals surface area contributed by atoms with Crippen molar-refractivity contribution in [3.63, 3.8) is 0 Å². The molecule has 1 aromatic heterocycles. The molecule has 1 heterocycles. The maximum absolute atomic E-state index is 9.65. The van der Waals surface area contributed by atoms with E-state index in [2.05, 4.69) is 41.4 Å². The number of nitriles is 2. The monoisotopic (exact) mass is 380 g/mol. The summed E-state index contributed by atoms with van der Waals surface area (Å²) in [6.45, 7) is 0. The molecule has 30 heavy (non-hydrogen) atoms. The molecular formula is C26H12N4. The highest BCUT2D eigenvalue weighted by Crippen LogP contribution is 2.43. The minimum absolute atomic E-state index is 0.349. The maximum atomic E-state index is 9.65. The van der Waals surface area contributed by atoms with Crippen molar-refractivity contribution in [3.05, 3.63) is 84.2 Å². The van der Waals surface area contributed by atoms with E-state index in [4.69, 9.17) is 4.98 Å². The molecule has 0 aliphatic heterocycles. The molecule has 0 saturated heterocycles. The molecule has 0 amide bonds. The first-order valence-corrected chi connectivity index (χ1v) is 9.55. The molecule has 0 spiro atoms. The number of nitrogens with zero attached hydrogens (tertiary/aromatic N) is 4. The second kappa shape index (κ2) is 5.98. The van der Waals surface area contributed by atoms with E-state index in [0.717, 1.165) is 54.1 Å². The van der Waals surface area contributed by atoms with Crippen molar-refractivity contribution < 1.29 is 0 Å². The highest BCUT2D eigenvalue weighted by molar-refractivity contribution is 6.38. The summed E-state index contributed by atoms with van der Waals surface area (Å²) >= 11 is 0. The first-order chi connectivity index (χ1) is 14.8. The van der Waals surface area contributed by atoms with E-state index in [1.165, 1.54) is 0 Å². The molecule has 0 aliphatic rings. The molecule has 0 saturated carbocycles. The molecule has 136 valence electrons. The molecule has 4 heteroatoms. The van der Waals surface area contributed by atoms with E-state index in [1.54, 1.807) is 18.5 Å². The zero-order valence-corrected chi connectivity index (χ0v) is 15.7. The highest BCUT2D eigenvalue weighted by atomic mass is 14.8. The fraction of sp³-hybridized carbons (Fsp3) is 0. The topological polar surface area (TPSA) is 73.4 Å². The van der Waals surface area contributed by atoms with Gasteiger partial charge in [-0.05, 0) is 39.1 Å². The van der Waals surface area contributed by atoms with Crippen molar-refractivity contribution in [2.24, 2.45) is 0 Å². The average molecular weight is 380 g/mol. The van der Waals surface area contributed by atoms with Crippen LogP contribution < -0.4 is 0 Å². The van der Waals surface area contributed by atoms with Crippen LogP contribution in [0.4, 0.5) is 0 Å². The van der Waals surface area contributed by atoms with Crippen LogP contribution in [0.3, 0.4) is 0 Å². The Labute approximate surface area is 171 Å². The summed E-state index contributed by atoms with van der Waals surface area (Å²) < 4.78 is 0. The standard InChI is InChI=1S/C26H12N4/c27-13-15-11-21-22(12-16(15)14-28)25-26(30-10-9-29-25)24-20-8-4-2-6-18(20)17-5-1-3-7-19(17)23(21)24/h1-12H. The molecule has 6 aromatic rings.